The Morgan fingerprint density at radius 2 is 1.86 bits per heavy atom. The van der Waals surface area contributed by atoms with Crippen molar-refractivity contribution in [1.29, 1.82) is 0 Å². The maximum atomic E-state index is 12.2. The number of aryl methyl sites for hydroxylation is 2. The number of thiocarbonyl (C=S) groups is 1. The van der Waals surface area contributed by atoms with Crippen molar-refractivity contribution in [1.82, 2.24) is 5.32 Å². The topological polar surface area (TPSA) is 41.1 Å². The second-order valence-electron chi connectivity index (χ2n) is 4.71. The fourth-order valence-corrected chi connectivity index (χ4v) is 2.67. The summed E-state index contributed by atoms with van der Waals surface area (Å²) in [4.78, 5) is 12.2. The molecule has 108 valence electrons. The van der Waals surface area contributed by atoms with E-state index in [1.54, 1.807) is 6.07 Å². The number of carbonyl (C=O) groups excluding carboxylic acids is 1. The minimum Gasteiger partial charge on any atom is -0.331 e. The molecule has 0 heterocycles. The van der Waals surface area contributed by atoms with Gasteiger partial charge in [-0.05, 0) is 71.3 Å². The summed E-state index contributed by atoms with van der Waals surface area (Å²) >= 11 is 8.65. The monoisotopic (exact) mass is 362 g/mol. The molecule has 0 saturated heterocycles. The van der Waals surface area contributed by atoms with Gasteiger partial charge in [0.05, 0.1) is 5.69 Å². The minimum absolute atomic E-state index is 0.214. The third-order valence-electron chi connectivity index (χ3n) is 2.99. The third-order valence-corrected chi connectivity index (χ3v) is 3.85. The van der Waals surface area contributed by atoms with Crippen LogP contribution in [0.5, 0.6) is 0 Å². The Balaban J connectivity index is 2.05. The van der Waals surface area contributed by atoms with Crippen molar-refractivity contribution in [3.8, 4) is 0 Å². The third kappa shape index (κ3) is 4.12. The van der Waals surface area contributed by atoms with E-state index in [0.717, 1.165) is 21.3 Å². The van der Waals surface area contributed by atoms with Crippen LogP contribution in [0.2, 0.25) is 0 Å². The second kappa shape index (κ2) is 6.83. The summed E-state index contributed by atoms with van der Waals surface area (Å²) in [6, 6.07) is 13.2. The molecule has 0 bridgehead atoms. The van der Waals surface area contributed by atoms with Gasteiger partial charge in [0.1, 0.15) is 0 Å². The Morgan fingerprint density at radius 1 is 1.14 bits per heavy atom. The Morgan fingerprint density at radius 3 is 2.52 bits per heavy atom. The van der Waals surface area contributed by atoms with Crippen molar-refractivity contribution in [2.75, 3.05) is 5.32 Å². The van der Waals surface area contributed by atoms with Crippen LogP contribution in [0.1, 0.15) is 21.5 Å². The lowest BCUT2D eigenvalue weighted by atomic mass is 10.1. The number of amides is 1. The standard InChI is InChI=1S/C16H15BrN2OS/c1-10-7-8-14(13(17)9-10)18-16(21)19-15(20)12-6-4-3-5-11(12)2/h3-9H,1-2H3,(H2,18,19,20,21). The van der Waals surface area contributed by atoms with Crippen molar-refractivity contribution in [2.24, 2.45) is 0 Å². The van der Waals surface area contributed by atoms with E-state index in [1.165, 1.54) is 0 Å². The van der Waals surface area contributed by atoms with Crippen LogP contribution in [0.3, 0.4) is 0 Å². The lowest BCUT2D eigenvalue weighted by Gasteiger charge is -2.12. The predicted molar refractivity (Wildman–Crippen MR) is 93.7 cm³/mol. The number of carbonyl (C=O) groups is 1. The highest BCUT2D eigenvalue weighted by molar-refractivity contribution is 9.10. The summed E-state index contributed by atoms with van der Waals surface area (Å²) in [5.74, 6) is -0.214. The lowest BCUT2D eigenvalue weighted by molar-refractivity contribution is 0.0977. The number of anilines is 1. The van der Waals surface area contributed by atoms with E-state index in [-0.39, 0.29) is 11.0 Å². The van der Waals surface area contributed by atoms with E-state index < -0.39 is 0 Å². The maximum absolute atomic E-state index is 12.2. The first kappa shape index (κ1) is 15.7. The molecule has 2 aromatic carbocycles. The first-order chi connectivity index (χ1) is 9.97. The Labute approximate surface area is 137 Å². The molecule has 5 heteroatoms. The highest BCUT2D eigenvalue weighted by Crippen LogP contribution is 2.23. The fourth-order valence-electron chi connectivity index (χ4n) is 1.87. The molecule has 0 fully saturated rings. The molecule has 3 nitrogen and oxygen atoms in total. The molecule has 0 spiro atoms. The van der Waals surface area contributed by atoms with Gasteiger partial charge in [0.2, 0.25) is 0 Å². The van der Waals surface area contributed by atoms with Gasteiger partial charge >= 0.3 is 0 Å². The predicted octanol–water partition coefficient (Wildman–Crippen LogP) is 4.19. The van der Waals surface area contributed by atoms with Crippen LogP contribution >= 0.6 is 28.1 Å². The quantitative estimate of drug-likeness (QED) is 0.786. The van der Waals surface area contributed by atoms with Crippen LogP contribution in [0.4, 0.5) is 5.69 Å². The van der Waals surface area contributed by atoms with Gasteiger partial charge < -0.3 is 5.32 Å². The molecule has 0 aliphatic heterocycles. The fraction of sp³-hybridized carbons (Fsp3) is 0.125. The van der Waals surface area contributed by atoms with Gasteiger partial charge in [-0.1, -0.05) is 24.3 Å². The number of nitrogens with one attached hydrogen (secondary N) is 2. The molecule has 2 aromatic rings. The van der Waals surface area contributed by atoms with Gasteiger partial charge in [0.15, 0.2) is 5.11 Å². The van der Waals surface area contributed by atoms with E-state index in [9.17, 15) is 4.79 Å². The Hall–Kier alpha value is -1.72. The normalized spacial score (nSPS) is 10.0. The lowest BCUT2D eigenvalue weighted by Crippen LogP contribution is -2.34. The number of halogens is 1. The summed E-state index contributed by atoms with van der Waals surface area (Å²) in [5, 5.41) is 5.97. The average molecular weight is 363 g/mol. The first-order valence-electron chi connectivity index (χ1n) is 6.41. The Kier molecular flexibility index (Phi) is 5.09. The highest BCUT2D eigenvalue weighted by Gasteiger charge is 2.10. The maximum Gasteiger partial charge on any atom is 0.257 e. The van der Waals surface area contributed by atoms with Gasteiger partial charge in [-0.2, -0.15) is 0 Å². The largest absolute Gasteiger partial charge is 0.331 e. The van der Waals surface area contributed by atoms with E-state index in [1.807, 2.05) is 50.2 Å². The van der Waals surface area contributed by atoms with E-state index in [4.69, 9.17) is 12.2 Å². The molecule has 2 rings (SSSR count). The molecule has 0 aromatic heterocycles. The SMILES string of the molecule is Cc1ccc(NC(=S)NC(=O)c2ccccc2C)c(Br)c1. The van der Waals surface area contributed by atoms with Gasteiger partial charge in [-0.25, -0.2) is 0 Å². The number of hydrogen-bond acceptors (Lipinski definition) is 2. The second-order valence-corrected chi connectivity index (χ2v) is 5.97. The molecule has 0 aliphatic carbocycles. The Bertz CT molecular complexity index is 700. The van der Waals surface area contributed by atoms with Crippen LogP contribution in [-0.2, 0) is 0 Å². The molecular formula is C16H15BrN2OS. The molecule has 0 unspecified atom stereocenters. The van der Waals surface area contributed by atoms with Gasteiger partial charge in [0.25, 0.3) is 5.91 Å². The number of hydrogen-bond donors (Lipinski definition) is 2. The van der Waals surface area contributed by atoms with Crippen LogP contribution in [-0.4, -0.2) is 11.0 Å². The van der Waals surface area contributed by atoms with Crippen LogP contribution in [0.15, 0.2) is 46.9 Å². The van der Waals surface area contributed by atoms with Crippen molar-refractivity contribution in [2.45, 2.75) is 13.8 Å². The first-order valence-corrected chi connectivity index (χ1v) is 7.61. The molecule has 0 atom stereocenters. The van der Waals surface area contributed by atoms with Crippen molar-refractivity contribution >= 4 is 44.9 Å². The number of rotatable bonds is 2. The van der Waals surface area contributed by atoms with Crippen molar-refractivity contribution in [3.63, 3.8) is 0 Å². The van der Waals surface area contributed by atoms with Crippen LogP contribution in [0.25, 0.3) is 0 Å². The zero-order valence-corrected chi connectivity index (χ0v) is 14.1. The van der Waals surface area contributed by atoms with Crippen LogP contribution in [0, 0.1) is 13.8 Å². The number of benzene rings is 2. The van der Waals surface area contributed by atoms with E-state index in [2.05, 4.69) is 26.6 Å². The average Bonchev–Trinajstić information content (AvgIpc) is 2.42. The minimum atomic E-state index is -0.214. The molecule has 21 heavy (non-hydrogen) atoms. The summed E-state index contributed by atoms with van der Waals surface area (Å²) in [6.07, 6.45) is 0. The van der Waals surface area contributed by atoms with Gasteiger partial charge in [-0.3, -0.25) is 10.1 Å². The van der Waals surface area contributed by atoms with Gasteiger partial charge in [0, 0.05) is 10.0 Å². The molecule has 0 aliphatic rings. The zero-order chi connectivity index (χ0) is 15.4. The van der Waals surface area contributed by atoms with Gasteiger partial charge in [-0.15, -0.1) is 0 Å². The molecule has 0 radical (unpaired) electrons. The molecular weight excluding hydrogens is 348 g/mol. The van der Waals surface area contributed by atoms with Crippen LogP contribution < -0.4 is 10.6 Å². The molecule has 2 N–H and O–H groups in total. The summed E-state index contributed by atoms with van der Waals surface area (Å²) < 4.78 is 0.898. The van der Waals surface area contributed by atoms with Crippen molar-refractivity contribution in [3.05, 3.63) is 63.6 Å². The molecule has 1 amide bonds. The smallest absolute Gasteiger partial charge is 0.257 e. The van der Waals surface area contributed by atoms with Crippen molar-refractivity contribution < 1.29 is 4.79 Å². The van der Waals surface area contributed by atoms with E-state index in [0.29, 0.717) is 5.56 Å². The van der Waals surface area contributed by atoms with E-state index >= 15 is 0 Å². The highest BCUT2D eigenvalue weighted by atomic mass is 79.9. The summed E-state index contributed by atoms with van der Waals surface area (Å²) in [5.41, 5.74) is 3.48. The summed E-state index contributed by atoms with van der Waals surface area (Å²) in [6.45, 7) is 3.90. The summed E-state index contributed by atoms with van der Waals surface area (Å²) in [7, 11) is 0. The zero-order valence-electron chi connectivity index (χ0n) is 11.7. The molecule has 0 saturated carbocycles.